The van der Waals surface area contributed by atoms with Crippen LogP contribution in [0.1, 0.15) is 22.1 Å². The molecule has 0 fully saturated rings. The lowest BCUT2D eigenvalue weighted by molar-refractivity contribution is 0.547. The average Bonchev–Trinajstić information content (AvgIpc) is 2.32. The Hall–Kier alpha value is -1.07. The first-order chi connectivity index (χ1) is 9.31. The highest BCUT2D eigenvalue weighted by Gasteiger charge is 2.24. The van der Waals surface area contributed by atoms with E-state index in [-0.39, 0.29) is 15.6 Å². The Bertz CT molecular complexity index is 649. The molecule has 0 radical (unpaired) electrons. The zero-order chi connectivity index (χ0) is 15.0. The van der Waals surface area contributed by atoms with E-state index in [1.807, 2.05) is 0 Å². The van der Waals surface area contributed by atoms with E-state index in [9.17, 15) is 17.6 Å². The molecule has 0 aliphatic rings. The summed E-state index contributed by atoms with van der Waals surface area (Å²) in [7, 11) is 0. The Balaban J connectivity index is 2.57. The highest BCUT2D eigenvalue weighted by molar-refractivity contribution is 9.10. The van der Waals surface area contributed by atoms with E-state index in [0.29, 0.717) is 0 Å². The van der Waals surface area contributed by atoms with Gasteiger partial charge in [-0.2, -0.15) is 0 Å². The lowest BCUT2D eigenvalue weighted by Gasteiger charge is -2.14. The lowest BCUT2D eigenvalue weighted by atomic mass is 10.0. The van der Waals surface area contributed by atoms with Crippen molar-refractivity contribution < 1.29 is 17.6 Å². The zero-order valence-corrected chi connectivity index (χ0v) is 12.5. The molecule has 0 N–H and O–H groups in total. The number of rotatable bonds is 2. The summed E-state index contributed by atoms with van der Waals surface area (Å²) in [5.74, 6) is -3.37. The molecule has 0 heterocycles. The second-order valence-corrected chi connectivity index (χ2v) is 5.62. The Labute approximate surface area is 126 Å². The smallest absolute Gasteiger partial charge is 0.132 e. The van der Waals surface area contributed by atoms with Gasteiger partial charge in [0.05, 0.1) is 5.38 Å². The monoisotopic (exact) mass is 366 g/mol. The summed E-state index contributed by atoms with van der Waals surface area (Å²) in [4.78, 5) is 0. The maximum atomic E-state index is 13.8. The minimum atomic E-state index is -1.46. The second kappa shape index (κ2) is 5.74. The fraction of sp³-hybridized carbons (Fsp3) is 0.143. The molecule has 0 nitrogen and oxygen atoms in total. The van der Waals surface area contributed by atoms with Crippen LogP contribution in [0.3, 0.4) is 0 Å². The minimum absolute atomic E-state index is 0.0897. The van der Waals surface area contributed by atoms with E-state index in [4.69, 9.17) is 11.6 Å². The van der Waals surface area contributed by atoms with Gasteiger partial charge in [-0.3, -0.25) is 0 Å². The van der Waals surface area contributed by atoms with Gasteiger partial charge in [-0.25, -0.2) is 17.6 Å². The Morgan fingerprint density at radius 2 is 1.45 bits per heavy atom. The van der Waals surface area contributed by atoms with Crippen LogP contribution >= 0.6 is 27.5 Å². The third-order valence-electron chi connectivity index (χ3n) is 2.85. The SMILES string of the molecule is Cc1cc(F)c(C(Cl)c2c(F)cc(Br)cc2F)cc1F. The Kier molecular flexibility index (Phi) is 4.39. The van der Waals surface area contributed by atoms with Gasteiger partial charge in [0.1, 0.15) is 23.3 Å². The Morgan fingerprint density at radius 1 is 0.900 bits per heavy atom. The first-order valence-corrected chi connectivity index (χ1v) is 6.78. The molecule has 0 spiro atoms. The van der Waals surface area contributed by atoms with Gasteiger partial charge in [0, 0.05) is 15.6 Å². The third-order valence-corrected chi connectivity index (χ3v) is 3.76. The van der Waals surface area contributed by atoms with Crippen LogP contribution in [-0.2, 0) is 0 Å². The molecule has 1 unspecified atom stereocenters. The summed E-state index contributed by atoms with van der Waals surface area (Å²) in [5, 5.41) is -1.46. The van der Waals surface area contributed by atoms with Crippen molar-refractivity contribution >= 4 is 27.5 Å². The summed E-state index contributed by atoms with van der Waals surface area (Å²) in [5.41, 5.74) is -0.737. The molecule has 0 saturated carbocycles. The predicted molar refractivity (Wildman–Crippen MR) is 72.8 cm³/mol. The van der Waals surface area contributed by atoms with Gasteiger partial charge in [0.2, 0.25) is 0 Å². The molecule has 6 heteroatoms. The summed E-state index contributed by atoms with van der Waals surface area (Å²) in [6, 6.07) is 3.81. The molecule has 0 saturated heterocycles. The minimum Gasteiger partial charge on any atom is -0.207 e. The number of halogens is 6. The summed E-state index contributed by atoms with van der Waals surface area (Å²) in [6.07, 6.45) is 0. The molecule has 0 aliphatic heterocycles. The lowest BCUT2D eigenvalue weighted by Crippen LogP contribution is -2.05. The molecule has 20 heavy (non-hydrogen) atoms. The van der Waals surface area contributed by atoms with Crippen molar-refractivity contribution in [3.63, 3.8) is 0 Å². The van der Waals surface area contributed by atoms with Crippen molar-refractivity contribution in [1.82, 2.24) is 0 Å². The number of hydrogen-bond acceptors (Lipinski definition) is 0. The van der Waals surface area contributed by atoms with Crippen molar-refractivity contribution in [2.45, 2.75) is 12.3 Å². The molecule has 2 aromatic rings. The molecular weight excluding hydrogens is 360 g/mol. The van der Waals surface area contributed by atoms with E-state index < -0.39 is 34.2 Å². The third kappa shape index (κ3) is 2.83. The molecule has 2 aromatic carbocycles. The van der Waals surface area contributed by atoms with Crippen molar-refractivity contribution in [3.05, 3.63) is 68.7 Å². The van der Waals surface area contributed by atoms with Crippen LogP contribution in [0.15, 0.2) is 28.7 Å². The summed E-state index contributed by atoms with van der Waals surface area (Å²) < 4.78 is 55.1. The van der Waals surface area contributed by atoms with Gasteiger partial charge in [-0.15, -0.1) is 11.6 Å². The predicted octanol–water partition coefficient (Wildman–Crippen LogP) is 5.64. The van der Waals surface area contributed by atoms with Crippen LogP contribution in [-0.4, -0.2) is 0 Å². The quantitative estimate of drug-likeness (QED) is 0.476. The highest BCUT2D eigenvalue weighted by Crippen LogP contribution is 2.36. The fourth-order valence-corrected chi connectivity index (χ4v) is 2.58. The molecule has 0 aromatic heterocycles. The van der Waals surface area contributed by atoms with Gasteiger partial charge < -0.3 is 0 Å². The Morgan fingerprint density at radius 3 is 2.00 bits per heavy atom. The van der Waals surface area contributed by atoms with Gasteiger partial charge >= 0.3 is 0 Å². The van der Waals surface area contributed by atoms with Crippen LogP contribution < -0.4 is 0 Å². The molecule has 106 valence electrons. The topological polar surface area (TPSA) is 0 Å². The van der Waals surface area contributed by atoms with E-state index >= 15 is 0 Å². The first kappa shape index (κ1) is 15.3. The van der Waals surface area contributed by atoms with E-state index in [2.05, 4.69) is 15.9 Å². The van der Waals surface area contributed by atoms with E-state index in [1.54, 1.807) is 0 Å². The van der Waals surface area contributed by atoms with Crippen molar-refractivity contribution in [1.29, 1.82) is 0 Å². The van der Waals surface area contributed by atoms with Crippen LogP contribution in [0.4, 0.5) is 17.6 Å². The van der Waals surface area contributed by atoms with Crippen molar-refractivity contribution in [2.24, 2.45) is 0 Å². The van der Waals surface area contributed by atoms with Gasteiger partial charge in [-0.05, 0) is 36.8 Å². The maximum absolute atomic E-state index is 13.8. The molecule has 0 bridgehead atoms. The number of benzene rings is 2. The maximum Gasteiger partial charge on any atom is 0.132 e. The van der Waals surface area contributed by atoms with Gasteiger partial charge in [0.25, 0.3) is 0 Å². The van der Waals surface area contributed by atoms with E-state index in [0.717, 1.165) is 24.3 Å². The zero-order valence-electron chi connectivity index (χ0n) is 10.2. The number of aryl methyl sites for hydroxylation is 1. The van der Waals surface area contributed by atoms with Crippen molar-refractivity contribution in [2.75, 3.05) is 0 Å². The first-order valence-electron chi connectivity index (χ1n) is 5.55. The molecule has 1 atom stereocenters. The second-order valence-electron chi connectivity index (χ2n) is 4.27. The molecular formula is C14H8BrClF4. The van der Waals surface area contributed by atoms with Crippen LogP contribution in [0.2, 0.25) is 0 Å². The normalized spacial score (nSPS) is 12.6. The van der Waals surface area contributed by atoms with Crippen LogP contribution in [0, 0.1) is 30.2 Å². The fourth-order valence-electron chi connectivity index (χ4n) is 1.81. The summed E-state index contributed by atoms with van der Waals surface area (Å²) in [6.45, 7) is 1.38. The van der Waals surface area contributed by atoms with Crippen LogP contribution in [0.25, 0.3) is 0 Å². The van der Waals surface area contributed by atoms with E-state index in [1.165, 1.54) is 6.92 Å². The van der Waals surface area contributed by atoms with Gasteiger partial charge in [-0.1, -0.05) is 15.9 Å². The highest BCUT2D eigenvalue weighted by atomic mass is 79.9. The molecule has 2 rings (SSSR count). The standard InChI is InChI=1S/C14H8BrClF4/c1-6-2-10(18)8(5-9(6)17)14(16)13-11(19)3-7(15)4-12(13)20/h2-5,14H,1H3. The van der Waals surface area contributed by atoms with Crippen molar-refractivity contribution in [3.8, 4) is 0 Å². The van der Waals surface area contributed by atoms with Gasteiger partial charge in [0.15, 0.2) is 0 Å². The summed E-state index contributed by atoms with van der Waals surface area (Å²) >= 11 is 8.85. The largest absolute Gasteiger partial charge is 0.207 e. The average molecular weight is 368 g/mol. The molecule has 0 aliphatic carbocycles. The molecule has 0 amide bonds. The number of alkyl halides is 1. The van der Waals surface area contributed by atoms with Crippen LogP contribution in [0.5, 0.6) is 0 Å². The number of hydrogen-bond donors (Lipinski definition) is 0.